The van der Waals surface area contributed by atoms with Crippen LogP contribution in [0.1, 0.15) is 5.56 Å². The highest BCUT2D eigenvalue weighted by Crippen LogP contribution is 2.25. The van der Waals surface area contributed by atoms with Gasteiger partial charge in [-0.05, 0) is 48.0 Å². The Labute approximate surface area is 144 Å². The van der Waals surface area contributed by atoms with Gasteiger partial charge in [0.1, 0.15) is 5.75 Å². The van der Waals surface area contributed by atoms with Crippen molar-refractivity contribution in [1.29, 1.82) is 0 Å². The highest BCUT2D eigenvalue weighted by atomic mass is 16.5. The third-order valence-electron chi connectivity index (χ3n) is 3.13. The number of benzene rings is 2. The second-order valence-electron chi connectivity index (χ2n) is 4.97. The normalized spacial score (nSPS) is 10.4. The first-order valence-corrected chi connectivity index (χ1v) is 7.28. The van der Waals surface area contributed by atoms with E-state index in [4.69, 9.17) is 9.47 Å². The van der Waals surface area contributed by atoms with Crippen molar-refractivity contribution < 1.29 is 29.3 Å². The zero-order valence-electron chi connectivity index (χ0n) is 13.4. The molecule has 0 aliphatic carbocycles. The van der Waals surface area contributed by atoms with Crippen LogP contribution in [0.5, 0.6) is 17.2 Å². The maximum Gasteiger partial charge on any atom is 0.331 e. The maximum absolute atomic E-state index is 11.7. The van der Waals surface area contributed by atoms with Crippen molar-refractivity contribution in [2.75, 3.05) is 19.0 Å². The van der Waals surface area contributed by atoms with Crippen molar-refractivity contribution in [3.05, 3.63) is 54.1 Å². The van der Waals surface area contributed by atoms with Gasteiger partial charge in [0.25, 0.3) is 5.91 Å². The standard InChI is InChI=1S/C18H17NO6/c1-24-14-6-4-13(5-7-14)19-17(22)11-25-18(23)9-3-12-2-8-15(20)16(21)10-12/h2-10,20-21H,11H2,1H3,(H,19,22)/b9-3+. The SMILES string of the molecule is COc1ccc(NC(=O)COC(=O)/C=C/c2ccc(O)c(O)c2)cc1. The summed E-state index contributed by atoms with van der Waals surface area (Å²) in [6, 6.07) is 10.8. The minimum Gasteiger partial charge on any atom is -0.504 e. The minimum atomic E-state index is -0.711. The molecule has 0 heterocycles. The van der Waals surface area contributed by atoms with E-state index in [0.717, 1.165) is 6.08 Å². The molecule has 0 aliphatic heterocycles. The number of methoxy groups -OCH3 is 1. The van der Waals surface area contributed by atoms with Gasteiger partial charge >= 0.3 is 5.97 Å². The van der Waals surface area contributed by atoms with E-state index >= 15 is 0 Å². The largest absolute Gasteiger partial charge is 0.504 e. The number of carbonyl (C=O) groups is 2. The summed E-state index contributed by atoms with van der Waals surface area (Å²) in [6.07, 6.45) is 2.51. The van der Waals surface area contributed by atoms with E-state index in [9.17, 15) is 19.8 Å². The molecule has 0 saturated carbocycles. The van der Waals surface area contributed by atoms with Crippen molar-refractivity contribution in [1.82, 2.24) is 0 Å². The zero-order chi connectivity index (χ0) is 18.2. The molecule has 7 heteroatoms. The lowest BCUT2D eigenvalue weighted by atomic mass is 10.2. The van der Waals surface area contributed by atoms with Gasteiger partial charge in [-0.3, -0.25) is 4.79 Å². The Morgan fingerprint density at radius 2 is 1.80 bits per heavy atom. The van der Waals surface area contributed by atoms with Crippen molar-refractivity contribution in [3.63, 3.8) is 0 Å². The lowest BCUT2D eigenvalue weighted by Crippen LogP contribution is -2.20. The molecule has 3 N–H and O–H groups in total. The fourth-order valence-corrected chi connectivity index (χ4v) is 1.86. The summed E-state index contributed by atoms with van der Waals surface area (Å²) < 4.78 is 9.83. The van der Waals surface area contributed by atoms with E-state index < -0.39 is 18.5 Å². The number of esters is 1. The molecular formula is C18H17NO6. The van der Waals surface area contributed by atoms with Crippen molar-refractivity contribution in [3.8, 4) is 17.2 Å². The Morgan fingerprint density at radius 3 is 2.44 bits per heavy atom. The third-order valence-corrected chi connectivity index (χ3v) is 3.13. The number of phenols is 2. The van der Waals surface area contributed by atoms with Crippen LogP contribution >= 0.6 is 0 Å². The average Bonchev–Trinajstić information content (AvgIpc) is 2.61. The third kappa shape index (κ3) is 5.58. The molecule has 0 unspecified atom stereocenters. The van der Waals surface area contributed by atoms with Crippen LogP contribution in [-0.2, 0) is 14.3 Å². The molecule has 25 heavy (non-hydrogen) atoms. The van der Waals surface area contributed by atoms with E-state index in [0.29, 0.717) is 17.0 Å². The van der Waals surface area contributed by atoms with Crippen LogP contribution in [0.3, 0.4) is 0 Å². The molecule has 130 valence electrons. The van der Waals surface area contributed by atoms with Crippen LogP contribution in [0, 0.1) is 0 Å². The lowest BCUT2D eigenvalue weighted by molar-refractivity contribution is -0.142. The Kier molecular flexibility index (Phi) is 6.00. The number of ether oxygens (including phenoxy) is 2. The summed E-state index contributed by atoms with van der Waals surface area (Å²) in [4.78, 5) is 23.3. The van der Waals surface area contributed by atoms with Crippen LogP contribution in [0.15, 0.2) is 48.5 Å². The Hall–Kier alpha value is -3.48. The molecule has 0 aliphatic rings. The molecular weight excluding hydrogens is 326 g/mol. The van der Waals surface area contributed by atoms with Gasteiger partial charge in [0.15, 0.2) is 18.1 Å². The van der Waals surface area contributed by atoms with Gasteiger partial charge in [-0.2, -0.15) is 0 Å². The summed E-state index contributed by atoms with van der Waals surface area (Å²) >= 11 is 0. The quantitative estimate of drug-likeness (QED) is 0.422. The number of anilines is 1. The van der Waals surface area contributed by atoms with Crippen LogP contribution in [-0.4, -0.2) is 35.8 Å². The zero-order valence-corrected chi connectivity index (χ0v) is 13.4. The molecule has 7 nitrogen and oxygen atoms in total. The highest BCUT2D eigenvalue weighted by molar-refractivity contribution is 5.94. The van der Waals surface area contributed by atoms with E-state index in [1.54, 1.807) is 31.4 Å². The molecule has 2 rings (SSSR count). The number of hydrogen-bond acceptors (Lipinski definition) is 6. The number of hydrogen-bond donors (Lipinski definition) is 3. The molecule has 2 aromatic carbocycles. The number of nitrogens with one attached hydrogen (secondary N) is 1. The predicted molar refractivity (Wildman–Crippen MR) is 91.4 cm³/mol. The monoisotopic (exact) mass is 343 g/mol. The number of rotatable bonds is 6. The number of carbonyl (C=O) groups excluding carboxylic acids is 2. The van der Waals surface area contributed by atoms with Gasteiger partial charge in [0.05, 0.1) is 7.11 Å². The van der Waals surface area contributed by atoms with E-state index in [-0.39, 0.29) is 11.5 Å². The number of amides is 1. The van der Waals surface area contributed by atoms with Gasteiger partial charge in [-0.1, -0.05) is 6.07 Å². The number of aromatic hydroxyl groups is 2. The smallest absolute Gasteiger partial charge is 0.331 e. The van der Waals surface area contributed by atoms with Crippen LogP contribution in [0.2, 0.25) is 0 Å². The lowest BCUT2D eigenvalue weighted by Gasteiger charge is -2.06. The molecule has 1 amide bonds. The molecule has 0 fully saturated rings. The summed E-state index contributed by atoms with van der Waals surface area (Å²) in [7, 11) is 1.54. The van der Waals surface area contributed by atoms with Gasteiger partial charge in [0, 0.05) is 11.8 Å². The maximum atomic E-state index is 11.7. The molecule has 0 atom stereocenters. The fourth-order valence-electron chi connectivity index (χ4n) is 1.86. The molecule has 0 radical (unpaired) electrons. The van der Waals surface area contributed by atoms with Crippen LogP contribution in [0.25, 0.3) is 6.08 Å². The second kappa shape index (κ2) is 8.39. The van der Waals surface area contributed by atoms with Crippen LogP contribution < -0.4 is 10.1 Å². The van der Waals surface area contributed by atoms with Gasteiger partial charge < -0.3 is 25.0 Å². The van der Waals surface area contributed by atoms with Crippen LogP contribution in [0.4, 0.5) is 5.69 Å². The van der Waals surface area contributed by atoms with Gasteiger partial charge in [-0.15, -0.1) is 0 Å². The Balaban J connectivity index is 1.81. The van der Waals surface area contributed by atoms with E-state index in [1.807, 2.05) is 0 Å². The average molecular weight is 343 g/mol. The van der Waals surface area contributed by atoms with Gasteiger partial charge in [0.2, 0.25) is 0 Å². The summed E-state index contributed by atoms with van der Waals surface area (Å²) in [5, 5.41) is 21.1. The Morgan fingerprint density at radius 1 is 1.08 bits per heavy atom. The molecule has 0 saturated heterocycles. The molecule has 0 aromatic heterocycles. The van der Waals surface area contributed by atoms with E-state index in [2.05, 4.69) is 5.32 Å². The minimum absolute atomic E-state index is 0.255. The summed E-state index contributed by atoms with van der Waals surface area (Å²) in [5.74, 6) is -1.08. The van der Waals surface area contributed by atoms with Crippen molar-refractivity contribution >= 4 is 23.6 Å². The number of phenolic OH excluding ortho intramolecular Hbond substituents is 2. The highest BCUT2D eigenvalue weighted by Gasteiger charge is 2.06. The van der Waals surface area contributed by atoms with Crippen molar-refractivity contribution in [2.24, 2.45) is 0 Å². The molecule has 0 bridgehead atoms. The summed E-state index contributed by atoms with van der Waals surface area (Å²) in [6.45, 7) is -0.434. The van der Waals surface area contributed by atoms with Crippen molar-refractivity contribution in [2.45, 2.75) is 0 Å². The first kappa shape index (κ1) is 17.9. The van der Waals surface area contributed by atoms with E-state index in [1.165, 1.54) is 24.3 Å². The van der Waals surface area contributed by atoms with Gasteiger partial charge in [-0.25, -0.2) is 4.79 Å². The molecule has 2 aromatic rings. The topological polar surface area (TPSA) is 105 Å². The Bertz CT molecular complexity index is 783. The fraction of sp³-hybridized carbons (Fsp3) is 0.111. The second-order valence-corrected chi connectivity index (χ2v) is 4.97. The summed E-state index contributed by atoms with van der Waals surface area (Å²) in [5.41, 5.74) is 1.05. The first-order valence-electron chi connectivity index (χ1n) is 7.28. The predicted octanol–water partition coefficient (Wildman–Crippen LogP) is 2.30. The molecule has 0 spiro atoms. The first-order chi connectivity index (χ1) is 12.0.